The van der Waals surface area contributed by atoms with E-state index >= 15 is 0 Å². The summed E-state index contributed by atoms with van der Waals surface area (Å²) in [6.45, 7) is 0. The summed E-state index contributed by atoms with van der Waals surface area (Å²) in [4.78, 5) is 0. The van der Waals surface area contributed by atoms with Crippen molar-refractivity contribution in [2.24, 2.45) is 0 Å². The molecule has 4 heteroatoms. The summed E-state index contributed by atoms with van der Waals surface area (Å²) in [5.74, 6) is 2.42. The van der Waals surface area contributed by atoms with Crippen LogP contribution in [0.3, 0.4) is 0 Å². The van der Waals surface area contributed by atoms with Gasteiger partial charge in [0, 0.05) is 17.2 Å². The van der Waals surface area contributed by atoms with Gasteiger partial charge in [-0.15, -0.1) is 23.2 Å². The highest BCUT2D eigenvalue weighted by Gasteiger charge is 2.32. The van der Waals surface area contributed by atoms with E-state index in [0.717, 1.165) is 22.6 Å². The lowest BCUT2D eigenvalue weighted by Crippen LogP contribution is -2.32. The van der Waals surface area contributed by atoms with Crippen molar-refractivity contribution in [3.63, 3.8) is 0 Å². The van der Waals surface area contributed by atoms with Gasteiger partial charge in [-0.1, -0.05) is 24.3 Å². The summed E-state index contributed by atoms with van der Waals surface area (Å²) in [5, 5.41) is 0. The molecule has 0 amide bonds. The van der Waals surface area contributed by atoms with Crippen molar-refractivity contribution in [3.05, 3.63) is 59.7 Å². The van der Waals surface area contributed by atoms with Crippen LogP contribution in [0.4, 0.5) is 0 Å². The maximum atomic E-state index is 6.29. The summed E-state index contributed by atoms with van der Waals surface area (Å²) in [6, 6.07) is 15.7. The van der Waals surface area contributed by atoms with Gasteiger partial charge in [-0.3, -0.25) is 0 Å². The number of halogens is 2. The topological polar surface area (TPSA) is 18.5 Å². The first-order chi connectivity index (χ1) is 10.2. The maximum absolute atomic E-state index is 6.29. The fourth-order valence-electron chi connectivity index (χ4n) is 2.33. The van der Waals surface area contributed by atoms with Crippen molar-refractivity contribution in [2.45, 2.75) is 5.41 Å². The summed E-state index contributed by atoms with van der Waals surface area (Å²) >= 11 is 12.6. The largest absolute Gasteiger partial charge is 0.497 e. The predicted molar refractivity (Wildman–Crippen MR) is 88.2 cm³/mol. The maximum Gasteiger partial charge on any atom is 0.118 e. The van der Waals surface area contributed by atoms with E-state index in [9.17, 15) is 0 Å². The number of hydrogen-bond acceptors (Lipinski definition) is 2. The molecule has 2 rings (SSSR count). The summed E-state index contributed by atoms with van der Waals surface area (Å²) in [5.41, 5.74) is 1.71. The van der Waals surface area contributed by atoms with Crippen molar-refractivity contribution in [1.29, 1.82) is 0 Å². The first-order valence-corrected chi connectivity index (χ1v) is 7.68. The SMILES string of the molecule is COc1ccc(C(CCl)(CCl)c2ccc(OC)cc2)cc1. The lowest BCUT2D eigenvalue weighted by atomic mass is 9.77. The number of ether oxygens (including phenoxy) is 2. The molecule has 0 fully saturated rings. The molecular weight excluding hydrogens is 307 g/mol. The van der Waals surface area contributed by atoms with Gasteiger partial charge < -0.3 is 9.47 Å². The Morgan fingerprint density at radius 1 is 0.714 bits per heavy atom. The van der Waals surface area contributed by atoms with Crippen molar-refractivity contribution < 1.29 is 9.47 Å². The van der Waals surface area contributed by atoms with Gasteiger partial charge in [0.05, 0.1) is 14.2 Å². The third-order valence-electron chi connectivity index (χ3n) is 3.74. The van der Waals surface area contributed by atoms with E-state index in [1.165, 1.54) is 0 Å². The van der Waals surface area contributed by atoms with E-state index < -0.39 is 5.41 Å². The minimum atomic E-state index is -0.429. The third-order valence-corrected chi connectivity index (χ3v) is 4.65. The molecule has 2 aromatic rings. The summed E-state index contributed by atoms with van der Waals surface area (Å²) in [7, 11) is 3.30. The Morgan fingerprint density at radius 3 is 1.29 bits per heavy atom. The highest BCUT2D eigenvalue weighted by molar-refractivity contribution is 6.22. The van der Waals surface area contributed by atoms with Crippen molar-refractivity contribution >= 4 is 23.2 Å². The molecule has 0 bridgehead atoms. The Kier molecular flexibility index (Phi) is 5.38. The van der Waals surface area contributed by atoms with E-state index in [4.69, 9.17) is 32.7 Å². The summed E-state index contributed by atoms with van der Waals surface area (Å²) < 4.78 is 10.4. The Labute approximate surface area is 135 Å². The number of hydrogen-bond donors (Lipinski definition) is 0. The first-order valence-electron chi connectivity index (χ1n) is 6.61. The second-order valence-corrected chi connectivity index (χ2v) is 5.34. The predicted octanol–water partition coefficient (Wildman–Crippen LogP) is 4.47. The van der Waals surface area contributed by atoms with Crippen LogP contribution in [0.1, 0.15) is 11.1 Å². The molecule has 2 nitrogen and oxygen atoms in total. The fourth-order valence-corrected chi connectivity index (χ4v) is 3.23. The Bertz CT molecular complexity index is 511. The zero-order valence-electron chi connectivity index (χ0n) is 12.1. The third kappa shape index (κ3) is 3.12. The molecule has 0 aliphatic carbocycles. The van der Waals surface area contributed by atoms with E-state index in [-0.39, 0.29) is 0 Å². The second kappa shape index (κ2) is 7.06. The quantitative estimate of drug-likeness (QED) is 0.730. The standard InChI is InChI=1S/C17H18Cl2O2/c1-20-15-7-3-13(4-8-15)17(11-18,12-19)14-5-9-16(21-2)10-6-14/h3-10H,11-12H2,1-2H3. The van der Waals surface area contributed by atoms with Crippen LogP contribution in [-0.2, 0) is 5.41 Å². The Morgan fingerprint density at radius 2 is 1.05 bits per heavy atom. The highest BCUT2D eigenvalue weighted by Crippen LogP contribution is 2.36. The number of benzene rings is 2. The van der Waals surface area contributed by atoms with Gasteiger partial charge in [0.2, 0.25) is 0 Å². The van der Waals surface area contributed by atoms with Gasteiger partial charge in [0.25, 0.3) is 0 Å². The average molecular weight is 325 g/mol. The van der Waals surface area contributed by atoms with Crippen LogP contribution < -0.4 is 9.47 Å². The molecule has 0 spiro atoms. The van der Waals surface area contributed by atoms with Gasteiger partial charge in [0.1, 0.15) is 11.5 Å². The lowest BCUT2D eigenvalue weighted by Gasteiger charge is -2.31. The molecule has 0 aliphatic heterocycles. The van der Waals surface area contributed by atoms with Gasteiger partial charge in [-0.05, 0) is 35.4 Å². The fraction of sp³-hybridized carbons (Fsp3) is 0.294. The first kappa shape index (κ1) is 16.0. The smallest absolute Gasteiger partial charge is 0.118 e. The zero-order valence-corrected chi connectivity index (χ0v) is 13.6. The molecule has 21 heavy (non-hydrogen) atoms. The van der Waals surface area contributed by atoms with Crippen LogP contribution in [0.15, 0.2) is 48.5 Å². The molecule has 0 atom stereocenters. The molecule has 2 aromatic carbocycles. The van der Waals surface area contributed by atoms with E-state index in [0.29, 0.717) is 11.8 Å². The highest BCUT2D eigenvalue weighted by atomic mass is 35.5. The number of rotatable bonds is 6. The van der Waals surface area contributed by atoms with Gasteiger partial charge in [0.15, 0.2) is 0 Å². The van der Waals surface area contributed by atoms with Gasteiger partial charge in [-0.2, -0.15) is 0 Å². The van der Waals surface area contributed by atoms with Crippen LogP contribution in [0.2, 0.25) is 0 Å². The average Bonchev–Trinajstić information content (AvgIpc) is 2.57. The van der Waals surface area contributed by atoms with Crippen LogP contribution in [0.25, 0.3) is 0 Å². The summed E-state index contributed by atoms with van der Waals surface area (Å²) in [6.07, 6.45) is 0. The van der Waals surface area contributed by atoms with Crippen molar-refractivity contribution in [1.82, 2.24) is 0 Å². The molecule has 0 saturated heterocycles. The van der Waals surface area contributed by atoms with Gasteiger partial charge >= 0.3 is 0 Å². The van der Waals surface area contributed by atoms with Gasteiger partial charge in [-0.25, -0.2) is 0 Å². The minimum Gasteiger partial charge on any atom is -0.497 e. The Hall–Kier alpha value is -1.38. The van der Waals surface area contributed by atoms with E-state index in [1.807, 2.05) is 48.5 Å². The van der Waals surface area contributed by atoms with Crippen LogP contribution in [-0.4, -0.2) is 26.0 Å². The molecule has 0 aromatic heterocycles. The normalized spacial score (nSPS) is 11.2. The second-order valence-electron chi connectivity index (χ2n) is 4.81. The lowest BCUT2D eigenvalue weighted by molar-refractivity contribution is 0.414. The monoisotopic (exact) mass is 324 g/mol. The van der Waals surface area contributed by atoms with Crippen molar-refractivity contribution in [2.75, 3.05) is 26.0 Å². The van der Waals surface area contributed by atoms with Crippen LogP contribution in [0.5, 0.6) is 11.5 Å². The molecule has 0 aliphatic rings. The number of methoxy groups -OCH3 is 2. The zero-order chi connectivity index (χ0) is 15.3. The molecule has 0 unspecified atom stereocenters. The molecule has 0 N–H and O–H groups in total. The molecular formula is C17H18Cl2O2. The molecule has 0 radical (unpaired) electrons. The van der Waals surface area contributed by atoms with E-state index in [1.54, 1.807) is 14.2 Å². The van der Waals surface area contributed by atoms with Crippen molar-refractivity contribution in [3.8, 4) is 11.5 Å². The molecule has 0 heterocycles. The number of alkyl halides is 2. The van der Waals surface area contributed by atoms with E-state index in [2.05, 4.69) is 0 Å². The molecule has 0 saturated carbocycles. The Balaban J connectivity index is 2.46. The van der Waals surface area contributed by atoms with Crippen LogP contribution in [0, 0.1) is 0 Å². The minimum absolute atomic E-state index is 0.398. The molecule has 112 valence electrons. The van der Waals surface area contributed by atoms with Crippen LogP contribution >= 0.6 is 23.2 Å².